The van der Waals surface area contributed by atoms with E-state index in [1.165, 1.54) is 12.3 Å². The van der Waals surface area contributed by atoms with Crippen LogP contribution in [0.2, 0.25) is 5.02 Å². The highest BCUT2D eigenvalue weighted by Crippen LogP contribution is 2.43. The molecule has 1 aliphatic rings. The summed E-state index contributed by atoms with van der Waals surface area (Å²) in [7, 11) is 0. The smallest absolute Gasteiger partial charge is 0.307 e. The third kappa shape index (κ3) is 5.97. The largest absolute Gasteiger partial charge is 0.431 e. The Morgan fingerprint density at radius 3 is 2.70 bits per heavy atom. The van der Waals surface area contributed by atoms with Gasteiger partial charge in [0.15, 0.2) is 5.75 Å². The molecule has 1 saturated heterocycles. The minimum absolute atomic E-state index is 0.00367. The van der Waals surface area contributed by atoms with Gasteiger partial charge in [-0.2, -0.15) is 10.4 Å². The molecule has 2 aromatic heterocycles. The summed E-state index contributed by atoms with van der Waals surface area (Å²) >= 11 is 6.23. The summed E-state index contributed by atoms with van der Waals surface area (Å²) in [5.41, 5.74) is 0.335. The third-order valence-corrected chi connectivity index (χ3v) is 7.19. The number of amides is 2. The van der Waals surface area contributed by atoms with Crippen molar-refractivity contribution in [3.8, 4) is 17.7 Å². The fourth-order valence-electron chi connectivity index (χ4n) is 4.84. The topological polar surface area (TPSA) is 154 Å². The van der Waals surface area contributed by atoms with Crippen LogP contribution < -0.4 is 15.6 Å². The fraction of sp³-hybridized carbons (Fsp3) is 0.393. The number of carbonyl (C=O) groups excluding carboxylic acids is 2. The molecule has 4 rings (SSSR count). The van der Waals surface area contributed by atoms with E-state index < -0.39 is 22.9 Å². The number of nitrogens with one attached hydrogen (secondary N) is 2. The van der Waals surface area contributed by atoms with E-state index in [4.69, 9.17) is 16.3 Å². The van der Waals surface area contributed by atoms with Crippen molar-refractivity contribution in [3.63, 3.8) is 0 Å². The lowest BCUT2D eigenvalue weighted by Crippen LogP contribution is -2.52. The Kier molecular flexibility index (Phi) is 8.21. The molecule has 208 valence electrons. The van der Waals surface area contributed by atoms with Crippen LogP contribution in [-0.2, 0) is 4.79 Å². The number of likely N-dealkylation sites (tertiary alicyclic amines) is 1. The number of nitriles is 1. The lowest BCUT2D eigenvalue weighted by Gasteiger charge is -2.38. The van der Waals surface area contributed by atoms with Crippen LogP contribution in [-0.4, -0.2) is 49.0 Å². The number of aromatic amines is 1. The molecule has 2 N–H and O–H groups in total. The van der Waals surface area contributed by atoms with E-state index >= 15 is 0 Å². The van der Waals surface area contributed by atoms with Gasteiger partial charge >= 0.3 is 5.56 Å². The highest BCUT2D eigenvalue weighted by molar-refractivity contribution is 6.30. The van der Waals surface area contributed by atoms with Gasteiger partial charge in [0.05, 0.1) is 35.5 Å². The average Bonchev–Trinajstić information content (AvgIpc) is 3.37. The second-order valence-electron chi connectivity index (χ2n) is 10.4. The molecule has 3 aromatic rings. The Balaban J connectivity index is 1.53. The molecule has 12 heteroatoms. The van der Waals surface area contributed by atoms with E-state index in [-0.39, 0.29) is 41.0 Å². The van der Waals surface area contributed by atoms with E-state index in [2.05, 4.69) is 31.6 Å². The first-order chi connectivity index (χ1) is 18.9. The highest BCUT2D eigenvalue weighted by atomic mass is 35.5. The highest BCUT2D eigenvalue weighted by Gasteiger charge is 2.46. The molecule has 40 heavy (non-hydrogen) atoms. The van der Waals surface area contributed by atoms with Gasteiger partial charge in [-0.15, -0.1) is 0 Å². The Morgan fingerprint density at radius 2 is 2.02 bits per heavy atom. The standard InChI is InChI=1S/C28H30ClN7O4/c1-15-11-22(25(38)35-34-15)40-26-16(2)32-20(13-31-26)24(37)33-17(3)27(39)36-21(18-7-6-8-19(29)12-18)9-10-23(36)28(4,5)14-30/h6-8,11-13,17,21,23H,9-10H2,1-5H3,(H,33,37)(H,35,38)/t17-,21+,23?/m1/s1. The molecular weight excluding hydrogens is 534 g/mol. The van der Waals surface area contributed by atoms with Crippen molar-refractivity contribution in [3.05, 3.63) is 74.6 Å². The van der Waals surface area contributed by atoms with Crippen LogP contribution in [0.5, 0.6) is 11.6 Å². The number of halogens is 1. The average molecular weight is 564 g/mol. The first kappa shape index (κ1) is 28.7. The summed E-state index contributed by atoms with van der Waals surface area (Å²) < 4.78 is 5.57. The number of hydrogen-bond donors (Lipinski definition) is 2. The molecule has 0 aliphatic carbocycles. The maximum atomic E-state index is 13.8. The van der Waals surface area contributed by atoms with Crippen molar-refractivity contribution >= 4 is 23.4 Å². The van der Waals surface area contributed by atoms with Crippen molar-refractivity contribution in [1.29, 1.82) is 5.26 Å². The minimum atomic E-state index is -0.916. The molecule has 1 aliphatic heterocycles. The molecule has 0 spiro atoms. The summed E-state index contributed by atoms with van der Waals surface area (Å²) in [5.74, 6) is -0.868. The zero-order valence-corrected chi connectivity index (χ0v) is 23.6. The Hall–Kier alpha value is -4.30. The summed E-state index contributed by atoms with van der Waals surface area (Å²) in [6.45, 7) is 8.50. The third-order valence-electron chi connectivity index (χ3n) is 6.95. The summed E-state index contributed by atoms with van der Waals surface area (Å²) in [5, 5.41) is 19.2. The number of H-pyrrole nitrogens is 1. The molecule has 0 radical (unpaired) electrons. The zero-order valence-electron chi connectivity index (χ0n) is 22.9. The molecule has 0 bridgehead atoms. The predicted octanol–water partition coefficient (Wildman–Crippen LogP) is 4.02. The van der Waals surface area contributed by atoms with Gasteiger partial charge in [0, 0.05) is 11.1 Å². The quantitative estimate of drug-likeness (QED) is 0.437. The van der Waals surface area contributed by atoms with Crippen molar-refractivity contribution in [1.82, 2.24) is 30.4 Å². The van der Waals surface area contributed by atoms with Gasteiger partial charge in [0.1, 0.15) is 17.4 Å². The van der Waals surface area contributed by atoms with Crippen molar-refractivity contribution in [2.24, 2.45) is 5.41 Å². The van der Waals surface area contributed by atoms with Gasteiger partial charge in [-0.3, -0.25) is 14.4 Å². The van der Waals surface area contributed by atoms with Gasteiger partial charge in [0.25, 0.3) is 5.91 Å². The molecule has 1 aromatic carbocycles. The Morgan fingerprint density at radius 1 is 1.27 bits per heavy atom. The molecule has 2 amide bonds. The van der Waals surface area contributed by atoms with E-state index in [0.29, 0.717) is 23.6 Å². The molecule has 0 saturated carbocycles. The number of nitrogens with zero attached hydrogens (tertiary/aromatic N) is 5. The molecule has 3 atom stereocenters. The fourth-order valence-corrected chi connectivity index (χ4v) is 5.04. The summed E-state index contributed by atoms with van der Waals surface area (Å²) in [6.07, 6.45) is 2.51. The van der Waals surface area contributed by atoms with Crippen molar-refractivity contribution in [2.75, 3.05) is 0 Å². The van der Waals surface area contributed by atoms with Gasteiger partial charge in [-0.1, -0.05) is 23.7 Å². The van der Waals surface area contributed by atoms with E-state index in [9.17, 15) is 19.6 Å². The van der Waals surface area contributed by atoms with Crippen molar-refractivity contribution < 1.29 is 14.3 Å². The normalized spacial score (nSPS) is 17.7. The molecule has 11 nitrogen and oxygen atoms in total. The second-order valence-corrected chi connectivity index (χ2v) is 10.8. The van der Waals surface area contributed by atoms with Crippen LogP contribution in [0, 0.1) is 30.6 Å². The predicted molar refractivity (Wildman–Crippen MR) is 147 cm³/mol. The van der Waals surface area contributed by atoms with Crippen LogP contribution >= 0.6 is 11.6 Å². The number of hydrogen-bond acceptors (Lipinski definition) is 8. The van der Waals surface area contributed by atoms with Gasteiger partial charge in [0.2, 0.25) is 11.8 Å². The van der Waals surface area contributed by atoms with Crippen LogP contribution in [0.1, 0.15) is 67.1 Å². The number of benzene rings is 1. The van der Waals surface area contributed by atoms with Crippen LogP contribution in [0.3, 0.4) is 0 Å². The van der Waals surface area contributed by atoms with E-state index in [1.807, 2.05) is 32.0 Å². The monoisotopic (exact) mass is 563 g/mol. The lowest BCUT2D eigenvalue weighted by molar-refractivity contribution is -0.137. The van der Waals surface area contributed by atoms with Crippen LogP contribution in [0.15, 0.2) is 41.3 Å². The minimum Gasteiger partial charge on any atom is -0.431 e. The SMILES string of the molecule is Cc1cc(Oc2ncc(C(=O)N[C@H](C)C(=O)N3C(C(C)(C)C#N)CC[C@H]3c3cccc(Cl)c3)nc2C)c(=O)[nH]n1. The van der Waals surface area contributed by atoms with Crippen LogP contribution in [0.4, 0.5) is 0 Å². The number of ether oxygens (including phenoxy) is 1. The number of aryl methyl sites for hydroxylation is 2. The van der Waals surface area contributed by atoms with Gasteiger partial charge < -0.3 is 15.0 Å². The summed E-state index contributed by atoms with van der Waals surface area (Å²) in [6, 6.07) is 9.55. The van der Waals surface area contributed by atoms with Crippen LogP contribution in [0.25, 0.3) is 0 Å². The summed E-state index contributed by atoms with van der Waals surface area (Å²) in [4.78, 5) is 49.0. The zero-order chi connectivity index (χ0) is 29.2. The first-order valence-electron chi connectivity index (χ1n) is 12.8. The Labute approximate surface area is 236 Å². The lowest BCUT2D eigenvalue weighted by atomic mass is 9.84. The Bertz CT molecular complexity index is 1550. The number of carbonyl (C=O) groups is 2. The molecule has 3 heterocycles. The van der Waals surface area contributed by atoms with Crippen molar-refractivity contribution in [2.45, 2.75) is 65.6 Å². The number of rotatable bonds is 7. The molecule has 1 fully saturated rings. The second kappa shape index (κ2) is 11.4. The van der Waals surface area contributed by atoms with E-state index in [0.717, 1.165) is 5.56 Å². The molecule has 1 unspecified atom stereocenters. The first-order valence-corrected chi connectivity index (χ1v) is 13.2. The maximum Gasteiger partial charge on any atom is 0.307 e. The number of aromatic nitrogens is 4. The van der Waals surface area contributed by atoms with Gasteiger partial charge in [-0.25, -0.2) is 15.1 Å². The van der Waals surface area contributed by atoms with Gasteiger partial charge in [-0.05, 0) is 65.2 Å². The maximum absolute atomic E-state index is 13.8. The van der Waals surface area contributed by atoms with E-state index in [1.54, 1.807) is 31.7 Å². The molecular formula is C28H30ClN7O4.